The molecular weight excluding hydrogens is 292 g/mol. The van der Waals surface area contributed by atoms with E-state index in [1.54, 1.807) is 14.2 Å². The van der Waals surface area contributed by atoms with Gasteiger partial charge in [-0.15, -0.1) is 0 Å². The summed E-state index contributed by atoms with van der Waals surface area (Å²) in [6.07, 6.45) is 3.27. The highest BCUT2D eigenvalue weighted by Gasteiger charge is 2.33. The van der Waals surface area contributed by atoms with Crippen molar-refractivity contribution in [2.75, 3.05) is 33.9 Å². The number of carbonyl (C=O) groups excluding carboxylic acids is 1. The van der Waals surface area contributed by atoms with Crippen LogP contribution in [-0.4, -0.2) is 50.7 Å². The second-order valence-electron chi connectivity index (χ2n) is 6.57. The van der Waals surface area contributed by atoms with E-state index in [4.69, 9.17) is 9.47 Å². The van der Waals surface area contributed by atoms with Crippen molar-refractivity contribution in [1.82, 2.24) is 4.90 Å². The van der Waals surface area contributed by atoms with Gasteiger partial charge in [0, 0.05) is 25.1 Å². The lowest BCUT2D eigenvalue weighted by molar-refractivity contribution is -0.930. The van der Waals surface area contributed by atoms with Crippen LogP contribution in [0.3, 0.4) is 0 Å². The minimum absolute atomic E-state index is 0.0225. The third-order valence-electron chi connectivity index (χ3n) is 5.24. The summed E-state index contributed by atoms with van der Waals surface area (Å²) in [5.41, 5.74) is 2.58. The maximum Gasteiger partial charge on any atom is 0.280 e. The molecule has 0 aromatic heterocycles. The summed E-state index contributed by atoms with van der Waals surface area (Å²) in [4.78, 5) is 16.0. The van der Waals surface area contributed by atoms with Crippen molar-refractivity contribution >= 4 is 5.91 Å². The summed E-state index contributed by atoms with van der Waals surface area (Å²) in [5, 5.41) is 0. The Labute approximate surface area is 138 Å². The highest BCUT2D eigenvalue weighted by Crippen LogP contribution is 2.31. The van der Waals surface area contributed by atoms with Crippen LogP contribution in [0, 0.1) is 0 Å². The fourth-order valence-electron chi connectivity index (χ4n) is 3.74. The van der Waals surface area contributed by atoms with E-state index in [1.807, 2.05) is 4.90 Å². The number of nitrogens with zero attached hydrogens (tertiary/aromatic N) is 1. The molecule has 1 aromatic rings. The molecule has 0 saturated carbocycles. The zero-order valence-electron chi connectivity index (χ0n) is 14.4. The van der Waals surface area contributed by atoms with Crippen LogP contribution in [0.25, 0.3) is 0 Å². The van der Waals surface area contributed by atoms with E-state index in [9.17, 15) is 4.79 Å². The van der Waals surface area contributed by atoms with E-state index in [0.717, 1.165) is 56.9 Å². The highest BCUT2D eigenvalue weighted by molar-refractivity contribution is 5.80. The lowest BCUT2D eigenvalue weighted by Crippen LogP contribution is -3.16. The van der Waals surface area contributed by atoms with Gasteiger partial charge in [0.2, 0.25) is 0 Å². The van der Waals surface area contributed by atoms with Crippen LogP contribution in [0.5, 0.6) is 11.5 Å². The van der Waals surface area contributed by atoms with E-state index in [0.29, 0.717) is 5.91 Å². The van der Waals surface area contributed by atoms with Crippen LogP contribution >= 0.6 is 0 Å². The molecule has 0 bridgehead atoms. The number of fused-ring (bicyclic) bond motifs is 1. The van der Waals surface area contributed by atoms with Gasteiger partial charge in [-0.1, -0.05) is 0 Å². The van der Waals surface area contributed by atoms with Gasteiger partial charge in [0.25, 0.3) is 5.91 Å². The third kappa shape index (κ3) is 3.15. The number of quaternary nitrogens is 1. The zero-order chi connectivity index (χ0) is 16.4. The molecule has 23 heavy (non-hydrogen) atoms. The van der Waals surface area contributed by atoms with Crippen LogP contribution in [0.4, 0.5) is 0 Å². The van der Waals surface area contributed by atoms with Gasteiger partial charge < -0.3 is 19.3 Å². The fraction of sp³-hybridized carbons (Fsp3) is 0.611. The number of ether oxygens (including phenoxy) is 2. The minimum atomic E-state index is 0.0225. The molecular formula is C18H27N2O3+. The summed E-state index contributed by atoms with van der Waals surface area (Å²) in [7, 11) is 3.33. The van der Waals surface area contributed by atoms with Gasteiger partial charge in [-0.2, -0.15) is 0 Å². The van der Waals surface area contributed by atoms with Crippen molar-refractivity contribution in [3.8, 4) is 11.5 Å². The Bertz CT molecular complexity index is 582. The second-order valence-corrected chi connectivity index (χ2v) is 6.57. The normalized spacial score (nSPS) is 21.7. The summed E-state index contributed by atoms with van der Waals surface area (Å²) < 4.78 is 10.8. The molecule has 0 radical (unpaired) electrons. The molecule has 2 aliphatic heterocycles. The Kier molecular flexibility index (Phi) is 4.76. The van der Waals surface area contributed by atoms with E-state index >= 15 is 0 Å². The second kappa shape index (κ2) is 6.79. The van der Waals surface area contributed by atoms with Crippen LogP contribution < -0.4 is 14.4 Å². The number of nitrogens with one attached hydrogen (secondary N) is 1. The Balaban J connectivity index is 1.75. The van der Waals surface area contributed by atoms with Crippen molar-refractivity contribution in [3.05, 3.63) is 23.3 Å². The van der Waals surface area contributed by atoms with Crippen molar-refractivity contribution < 1.29 is 19.2 Å². The maximum absolute atomic E-state index is 12.6. The summed E-state index contributed by atoms with van der Waals surface area (Å²) >= 11 is 0. The molecule has 1 amide bonds. The molecule has 1 aromatic carbocycles. The van der Waals surface area contributed by atoms with E-state index < -0.39 is 0 Å². The monoisotopic (exact) mass is 319 g/mol. The Hall–Kier alpha value is -1.75. The SMILES string of the molecule is COc1cc2c(cc1OC)C[NH+]([C@H](C)C(=O)N1CCCC1)CC2. The number of rotatable bonds is 4. The predicted molar refractivity (Wildman–Crippen MR) is 88.1 cm³/mol. The first kappa shape index (κ1) is 16.1. The topological polar surface area (TPSA) is 43.2 Å². The highest BCUT2D eigenvalue weighted by atomic mass is 16.5. The smallest absolute Gasteiger partial charge is 0.280 e. The van der Waals surface area contributed by atoms with Gasteiger partial charge in [-0.25, -0.2) is 0 Å². The molecule has 2 aliphatic rings. The predicted octanol–water partition coefficient (Wildman–Crippen LogP) is 0.656. The quantitative estimate of drug-likeness (QED) is 0.886. The Morgan fingerprint density at radius 2 is 1.74 bits per heavy atom. The van der Waals surface area contributed by atoms with Crippen LogP contribution in [0.15, 0.2) is 12.1 Å². The lowest BCUT2D eigenvalue weighted by Gasteiger charge is -2.32. The largest absolute Gasteiger partial charge is 0.493 e. The number of hydrogen-bond acceptors (Lipinski definition) is 3. The Morgan fingerprint density at radius 3 is 2.35 bits per heavy atom. The van der Waals surface area contributed by atoms with Crippen LogP contribution in [-0.2, 0) is 17.8 Å². The zero-order valence-corrected chi connectivity index (χ0v) is 14.4. The molecule has 2 heterocycles. The van der Waals surface area contributed by atoms with Gasteiger partial charge in [0.1, 0.15) is 6.54 Å². The summed E-state index contributed by atoms with van der Waals surface area (Å²) in [6, 6.07) is 4.17. The number of carbonyl (C=O) groups is 1. The van der Waals surface area contributed by atoms with E-state index in [2.05, 4.69) is 19.1 Å². The number of hydrogen-bond donors (Lipinski definition) is 1. The average molecular weight is 319 g/mol. The Morgan fingerprint density at radius 1 is 1.13 bits per heavy atom. The molecule has 5 nitrogen and oxygen atoms in total. The molecule has 1 fully saturated rings. The van der Waals surface area contributed by atoms with Gasteiger partial charge in [0.15, 0.2) is 17.5 Å². The molecule has 1 unspecified atom stereocenters. The standard InChI is InChI=1S/C18H26N2O3/c1-13(18(21)19-7-4-5-8-19)20-9-6-14-10-16(22-2)17(23-3)11-15(14)12-20/h10-11,13H,4-9,12H2,1-3H3/p+1/t13-/m1/s1. The molecule has 0 spiro atoms. The average Bonchev–Trinajstić information content (AvgIpc) is 3.13. The van der Waals surface area contributed by atoms with Crippen molar-refractivity contribution in [2.24, 2.45) is 0 Å². The molecule has 3 rings (SSSR count). The third-order valence-corrected chi connectivity index (χ3v) is 5.24. The first-order valence-corrected chi connectivity index (χ1v) is 8.51. The summed E-state index contributed by atoms with van der Waals surface area (Å²) in [6.45, 7) is 5.79. The number of benzene rings is 1. The maximum atomic E-state index is 12.6. The molecule has 1 N–H and O–H groups in total. The van der Waals surface area contributed by atoms with Gasteiger partial charge >= 0.3 is 0 Å². The van der Waals surface area contributed by atoms with Crippen molar-refractivity contribution in [1.29, 1.82) is 0 Å². The first-order valence-electron chi connectivity index (χ1n) is 8.51. The van der Waals surface area contributed by atoms with Crippen molar-refractivity contribution in [2.45, 2.75) is 38.8 Å². The van der Waals surface area contributed by atoms with Crippen LogP contribution in [0.1, 0.15) is 30.9 Å². The van der Waals surface area contributed by atoms with Gasteiger partial charge in [-0.3, -0.25) is 4.79 Å². The lowest BCUT2D eigenvalue weighted by atomic mass is 9.97. The van der Waals surface area contributed by atoms with E-state index in [1.165, 1.54) is 16.0 Å². The van der Waals surface area contributed by atoms with Crippen LogP contribution in [0.2, 0.25) is 0 Å². The first-order chi connectivity index (χ1) is 11.1. The molecule has 126 valence electrons. The van der Waals surface area contributed by atoms with Gasteiger partial charge in [0.05, 0.1) is 20.8 Å². The minimum Gasteiger partial charge on any atom is -0.493 e. The van der Waals surface area contributed by atoms with Crippen molar-refractivity contribution in [3.63, 3.8) is 0 Å². The van der Waals surface area contributed by atoms with Gasteiger partial charge in [-0.05, 0) is 37.5 Å². The fourth-order valence-corrected chi connectivity index (χ4v) is 3.74. The summed E-state index contributed by atoms with van der Waals surface area (Å²) in [5.74, 6) is 1.86. The number of amides is 1. The molecule has 1 saturated heterocycles. The van der Waals surface area contributed by atoms with E-state index in [-0.39, 0.29) is 6.04 Å². The number of likely N-dealkylation sites (tertiary alicyclic amines) is 1. The molecule has 2 atom stereocenters. The molecule has 0 aliphatic carbocycles. The number of methoxy groups -OCH3 is 2. The molecule has 5 heteroatoms.